The van der Waals surface area contributed by atoms with E-state index in [0.29, 0.717) is 23.0 Å². The van der Waals surface area contributed by atoms with Gasteiger partial charge in [0.2, 0.25) is 5.95 Å². The zero-order chi connectivity index (χ0) is 20.0. The molecule has 5 rings (SSSR count). The van der Waals surface area contributed by atoms with E-state index in [2.05, 4.69) is 31.4 Å². The number of nitrogens with one attached hydrogen (secondary N) is 1. The molecule has 1 fully saturated rings. The molecule has 1 aliphatic rings. The summed E-state index contributed by atoms with van der Waals surface area (Å²) < 4.78 is 1.78. The maximum Gasteiger partial charge on any atom is 0.274 e. The van der Waals surface area contributed by atoms with E-state index in [4.69, 9.17) is 5.73 Å². The largest absolute Gasteiger partial charge is 0.368 e. The molecule has 0 atom stereocenters. The Bertz CT molecular complexity index is 1240. The van der Waals surface area contributed by atoms with Gasteiger partial charge in [0.25, 0.3) is 5.91 Å². The Kier molecular flexibility index (Phi) is 3.97. The summed E-state index contributed by atoms with van der Waals surface area (Å²) in [4.78, 5) is 25.5. The quantitative estimate of drug-likeness (QED) is 0.558. The van der Waals surface area contributed by atoms with Crippen LogP contribution in [0.2, 0.25) is 0 Å². The lowest BCUT2D eigenvalue weighted by Crippen LogP contribution is -2.15. The number of nitrogen functional groups attached to an aromatic ring is 1. The van der Waals surface area contributed by atoms with Crippen LogP contribution in [-0.2, 0) is 7.05 Å². The van der Waals surface area contributed by atoms with Crippen LogP contribution in [0, 0.1) is 0 Å². The lowest BCUT2D eigenvalue weighted by Gasteiger charge is -2.11. The number of aromatic nitrogens is 5. The van der Waals surface area contributed by atoms with E-state index >= 15 is 0 Å². The normalized spacial score (nSPS) is 13.6. The minimum Gasteiger partial charge on any atom is -0.368 e. The molecule has 0 spiro atoms. The Labute approximate surface area is 166 Å². The highest BCUT2D eigenvalue weighted by molar-refractivity contribution is 6.04. The molecule has 0 radical (unpaired) electrons. The second-order valence-electron chi connectivity index (χ2n) is 7.24. The molecule has 144 valence electrons. The van der Waals surface area contributed by atoms with E-state index in [9.17, 15) is 4.79 Å². The molecule has 29 heavy (non-hydrogen) atoms. The summed E-state index contributed by atoms with van der Waals surface area (Å²) in [5, 5.41) is 8.52. The van der Waals surface area contributed by atoms with E-state index < -0.39 is 0 Å². The molecule has 4 aromatic rings. The van der Waals surface area contributed by atoms with Crippen LogP contribution in [0.25, 0.3) is 22.3 Å². The first-order valence-electron chi connectivity index (χ1n) is 9.41. The minimum absolute atomic E-state index is 0.165. The molecule has 0 unspecified atom stereocenters. The fourth-order valence-corrected chi connectivity index (χ4v) is 3.46. The summed E-state index contributed by atoms with van der Waals surface area (Å²) in [5.41, 5.74) is 9.99. The fraction of sp³-hybridized carbons (Fsp3) is 0.190. The third kappa shape index (κ3) is 3.40. The molecule has 3 heterocycles. The van der Waals surface area contributed by atoms with Gasteiger partial charge in [-0.25, -0.2) is 15.0 Å². The zero-order valence-electron chi connectivity index (χ0n) is 15.8. The van der Waals surface area contributed by atoms with Crippen LogP contribution in [0.1, 0.15) is 34.8 Å². The van der Waals surface area contributed by atoms with Gasteiger partial charge in [-0.15, -0.1) is 0 Å². The number of hydrogen-bond donors (Lipinski definition) is 2. The number of carbonyl (C=O) groups excluding carboxylic acids is 1. The molecule has 3 N–H and O–H groups in total. The SMILES string of the molecule is Cn1cc2cc(NC(=O)c3cccc(-c4ccnc(N)n4)n3)c(C3CC3)cc2n1. The Morgan fingerprint density at radius 2 is 2.00 bits per heavy atom. The van der Waals surface area contributed by atoms with Gasteiger partial charge in [-0.1, -0.05) is 6.07 Å². The topological polar surface area (TPSA) is 112 Å². The highest BCUT2D eigenvalue weighted by Gasteiger charge is 2.27. The molecular weight excluding hydrogens is 366 g/mol. The van der Waals surface area contributed by atoms with Crippen molar-refractivity contribution in [3.05, 3.63) is 60.0 Å². The number of nitrogens with zero attached hydrogens (tertiary/aromatic N) is 5. The number of carbonyl (C=O) groups is 1. The van der Waals surface area contributed by atoms with Crippen molar-refractivity contribution in [2.45, 2.75) is 18.8 Å². The first-order chi connectivity index (χ1) is 14.1. The number of fused-ring (bicyclic) bond motifs is 1. The Hall–Kier alpha value is -3.81. The molecule has 0 aliphatic heterocycles. The molecule has 8 nitrogen and oxygen atoms in total. The Morgan fingerprint density at radius 1 is 1.17 bits per heavy atom. The maximum absolute atomic E-state index is 12.9. The average Bonchev–Trinajstić information content (AvgIpc) is 3.49. The van der Waals surface area contributed by atoms with Crippen molar-refractivity contribution in [3.63, 3.8) is 0 Å². The predicted octanol–water partition coefficient (Wildman–Crippen LogP) is 3.14. The van der Waals surface area contributed by atoms with Crippen molar-refractivity contribution < 1.29 is 4.79 Å². The van der Waals surface area contributed by atoms with Crippen molar-refractivity contribution in [1.82, 2.24) is 24.7 Å². The highest BCUT2D eigenvalue weighted by Crippen LogP contribution is 2.44. The molecule has 1 aromatic carbocycles. The zero-order valence-corrected chi connectivity index (χ0v) is 15.8. The van der Waals surface area contributed by atoms with Gasteiger partial charge in [-0.05, 0) is 54.7 Å². The fourth-order valence-electron chi connectivity index (χ4n) is 3.46. The Balaban J connectivity index is 1.48. The van der Waals surface area contributed by atoms with Crippen molar-refractivity contribution in [1.29, 1.82) is 0 Å². The van der Waals surface area contributed by atoms with Crippen LogP contribution >= 0.6 is 0 Å². The summed E-state index contributed by atoms with van der Waals surface area (Å²) in [7, 11) is 1.89. The van der Waals surface area contributed by atoms with E-state index in [1.54, 1.807) is 35.1 Å². The summed E-state index contributed by atoms with van der Waals surface area (Å²) >= 11 is 0. The van der Waals surface area contributed by atoms with Gasteiger partial charge < -0.3 is 11.1 Å². The lowest BCUT2D eigenvalue weighted by atomic mass is 10.1. The third-order valence-corrected chi connectivity index (χ3v) is 4.97. The van der Waals surface area contributed by atoms with Crippen LogP contribution in [0.5, 0.6) is 0 Å². The number of nitrogens with two attached hydrogens (primary N) is 1. The van der Waals surface area contributed by atoms with Crippen molar-refractivity contribution in [2.75, 3.05) is 11.1 Å². The van der Waals surface area contributed by atoms with Crippen LogP contribution in [0.15, 0.2) is 48.8 Å². The number of pyridine rings is 1. The first-order valence-corrected chi connectivity index (χ1v) is 9.41. The molecule has 1 aliphatic carbocycles. The monoisotopic (exact) mass is 385 g/mol. The molecule has 8 heteroatoms. The molecular formula is C21H19N7O. The standard InChI is InChI=1S/C21H19N7O/c1-28-11-13-9-19(14(12-5-6-12)10-18(13)27-28)25-20(29)17-4-2-3-15(24-17)16-7-8-23-21(22)26-16/h2-4,7-12H,5-6H2,1H3,(H,25,29)(H2,22,23,26). The van der Waals surface area contributed by atoms with Crippen LogP contribution in [-0.4, -0.2) is 30.6 Å². The van der Waals surface area contributed by atoms with Gasteiger partial charge in [-0.3, -0.25) is 9.48 Å². The van der Waals surface area contributed by atoms with Gasteiger partial charge in [-0.2, -0.15) is 5.10 Å². The van der Waals surface area contributed by atoms with Crippen molar-refractivity contribution in [3.8, 4) is 11.4 Å². The van der Waals surface area contributed by atoms with Crippen LogP contribution in [0.3, 0.4) is 0 Å². The van der Waals surface area contributed by atoms with E-state index in [0.717, 1.165) is 35.0 Å². The second kappa shape index (κ2) is 6.66. The van der Waals surface area contributed by atoms with Crippen LogP contribution < -0.4 is 11.1 Å². The molecule has 0 saturated heterocycles. The number of rotatable bonds is 4. The lowest BCUT2D eigenvalue weighted by molar-refractivity contribution is 0.102. The highest BCUT2D eigenvalue weighted by atomic mass is 16.1. The number of anilines is 2. The number of aryl methyl sites for hydroxylation is 1. The molecule has 0 bridgehead atoms. The van der Waals surface area contributed by atoms with Gasteiger partial charge in [0, 0.05) is 30.5 Å². The number of amides is 1. The second-order valence-corrected chi connectivity index (χ2v) is 7.24. The van der Waals surface area contributed by atoms with E-state index in [1.165, 1.54) is 0 Å². The number of benzene rings is 1. The molecule has 1 amide bonds. The summed E-state index contributed by atoms with van der Waals surface area (Å²) in [6.45, 7) is 0. The average molecular weight is 385 g/mol. The smallest absolute Gasteiger partial charge is 0.274 e. The predicted molar refractivity (Wildman–Crippen MR) is 110 cm³/mol. The molecule has 3 aromatic heterocycles. The van der Waals surface area contributed by atoms with Crippen molar-refractivity contribution >= 4 is 28.4 Å². The maximum atomic E-state index is 12.9. The Morgan fingerprint density at radius 3 is 2.79 bits per heavy atom. The van der Waals surface area contributed by atoms with Crippen molar-refractivity contribution in [2.24, 2.45) is 7.05 Å². The minimum atomic E-state index is -0.265. The van der Waals surface area contributed by atoms with E-state index in [1.807, 2.05) is 19.3 Å². The number of hydrogen-bond acceptors (Lipinski definition) is 6. The van der Waals surface area contributed by atoms with Gasteiger partial charge in [0.15, 0.2) is 0 Å². The first kappa shape index (κ1) is 17.3. The van der Waals surface area contributed by atoms with Gasteiger partial charge in [0.05, 0.1) is 16.9 Å². The van der Waals surface area contributed by atoms with E-state index in [-0.39, 0.29) is 11.9 Å². The van der Waals surface area contributed by atoms with Crippen LogP contribution in [0.4, 0.5) is 11.6 Å². The van der Waals surface area contributed by atoms with Gasteiger partial charge >= 0.3 is 0 Å². The molecule has 1 saturated carbocycles. The summed E-state index contributed by atoms with van der Waals surface area (Å²) in [6, 6.07) is 11.0. The summed E-state index contributed by atoms with van der Waals surface area (Å²) in [6.07, 6.45) is 5.77. The van der Waals surface area contributed by atoms with Gasteiger partial charge in [0.1, 0.15) is 5.69 Å². The third-order valence-electron chi connectivity index (χ3n) is 4.97. The summed E-state index contributed by atoms with van der Waals surface area (Å²) in [5.74, 6) is 0.372.